The summed E-state index contributed by atoms with van der Waals surface area (Å²) in [5, 5.41) is 6.81. The van der Waals surface area contributed by atoms with Crippen LogP contribution in [0.15, 0.2) is 70.0 Å². The van der Waals surface area contributed by atoms with Gasteiger partial charge in [-0.15, -0.1) is 0 Å². The third-order valence-corrected chi connectivity index (χ3v) is 6.53. The topological polar surface area (TPSA) is 64.9 Å². The summed E-state index contributed by atoms with van der Waals surface area (Å²) in [6.07, 6.45) is 2.92. The molecule has 7 heteroatoms. The molecule has 1 aliphatic rings. The lowest BCUT2D eigenvalue weighted by atomic mass is 10.1. The van der Waals surface area contributed by atoms with E-state index in [1.807, 2.05) is 30.5 Å². The van der Waals surface area contributed by atoms with E-state index in [1.165, 1.54) is 16.5 Å². The molecule has 1 saturated heterocycles. The lowest BCUT2D eigenvalue weighted by Gasteiger charge is -2.36. The Bertz CT molecular complexity index is 1340. The lowest BCUT2D eigenvalue weighted by Crippen LogP contribution is -2.47. The highest BCUT2D eigenvalue weighted by Crippen LogP contribution is 2.29. The molecule has 3 heterocycles. The van der Waals surface area contributed by atoms with Crippen LogP contribution in [-0.2, 0) is 0 Å². The normalized spacial score (nSPS) is 14.6. The number of pyridine rings is 1. The molecule has 5 rings (SSSR count). The first kappa shape index (κ1) is 22.2. The van der Waals surface area contributed by atoms with Crippen LogP contribution in [0.4, 0.5) is 17.2 Å². The minimum absolute atomic E-state index is 0.322. The molecule has 0 atom stereocenters. The first-order valence-electron chi connectivity index (χ1n) is 11.9. The van der Waals surface area contributed by atoms with Gasteiger partial charge < -0.3 is 19.5 Å². The molecule has 2 aromatic heterocycles. The second-order valence-corrected chi connectivity index (χ2v) is 9.02. The van der Waals surface area contributed by atoms with Crippen molar-refractivity contribution in [3.63, 3.8) is 0 Å². The second-order valence-electron chi connectivity index (χ2n) is 9.02. The Morgan fingerprint density at radius 2 is 1.82 bits per heavy atom. The maximum atomic E-state index is 11.8. The average molecular weight is 458 g/mol. The van der Waals surface area contributed by atoms with Gasteiger partial charge in [0.25, 0.3) is 0 Å². The molecule has 34 heavy (non-hydrogen) atoms. The maximum Gasteiger partial charge on any atom is 0.338 e. The van der Waals surface area contributed by atoms with Gasteiger partial charge >= 0.3 is 5.63 Å². The summed E-state index contributed by atoms with van der Waals surface area (Å²) in [4.78, 5) is 23.6. The van der Waals surface area contributed by atoms with Crippen LogP contribution in [0.5, 0.6) is 0 Å². The number of piperazine rings is 1. The molecule has 0 unspecified atom stereocenters. The Morgan fingerprint density at radius 1 is 1.00 bits per heavy atom. The zero-order valence-electron chi connectivity index (χ0n) is 19.8. The van der Waals surface area contributed by atoms with E-state index < -0.39 is 0 Å². The number of nitrogens with one attached hydrogen (secondary N) is 1. The second kappa shape index (κ2) is 9.73. The van der Waals surface area contributed by atoms with Gasteiger partial charge in [0.05, 0.1) is 5.69 Å². The van der Waals surface area contributed by atoms with Crippen LogP contribution in [-0.4, -0.2) is 63.2 Å². The Kier molecular flexibility index (Phi) is 6.36. The van der Waals surface area contributed by atoms with Crippen LogP contribution in [0.1, 0.15) is 6.42 Å². The summed E-state index contributed by atoms with van der Waals surface area (Å²) in [5.41, 5.74) is 2.33. The standard InChI is InChI=1S/C27H31N5O2/c1-30(2)21-9-8-20-10-12-29-27(23(20)18-21)32-16-14-31(15-17-32)13-5-11-28-24-19-26(33)34-25-7-4-3-6-22(24)25/h3-4,6-10,12,18-19,28H,5,11,13-17H2,1-2H3. The predicted molar refractivity (Wildman–Crippen MR) is 140 cm³/mol. The third kappa shape index (κ3) is 4.70. The van der Waals surface area contributed by atoms with Gasteiger partial charge in [0, 0.05) is 75.5 Å². The number of hydrogen-bond acceptors (Lipinski definition) is 7. The number of nitrogens with zero attached hydrogens (tertiary/aromatic N) is 4. The van der Waals surface area contributed by atoms with E-state index in [1.54, 1.807) is 6.07 Å². The maximum absolute atomic E-state index is 11.8. The zero-order valence-corrected chi connectivity index (χ0v) is 19.8. The van der Waals surface area contributed by atoms with Crippen LogP contribution in [0.3, 0.4) is 0 Å². The fraction of sp³-hybridized carbons (Fsp3) is 0.333. The highest BCUT2D eigenvalue weighted by Gasteiger charge is 2.19. The van der Waals surface area contributed by atoms with Crippen molar-refractivity contribution in [2.24, 2.45) is 0 Å². The molecule has 2 aromatic carbocycles. The summed E-state index contributed by atoms with van der Waals surface area (Å²) in [7, 11) is 4.14. The molecule has 1 aliphatic heterocycles. The molecular formula is C27H31N5O2. The highest BCUT2D eigenvalue weighted by molar-refractivity contribution is 5.94. The average Bonchev–Trinajstić information content (AvgIpc) is 2.86. The van der Waals surface area contributed by atoms with Crippen molar-refractivity contribution in [1.82, 2.24) is 9.88 Å². The van der Waals surface area contributed by atoms with E-state index in [2.05, 4.69) is 58.4 Å². The number of anilines is 3. The van der Waals surface area contributed by atoms with Crippen molar-refractivity contribution in [3.05, 3.63) is 71.2 Å². The van der Waals surface area contributed by atoms with E-state index in [0.717, 1.165) is 62.6 Å². The van der Waals surface area contributed by atoms with Crippen molar-refractivity contribution < 1.29 is 4.42 Å². The number of aromatic nitrogens is 1. The van der Waals surface area contributed by atoms with Gasteiger partial charge in [0.2, 0.25) is 0 Å². The van der Waals surface area contributed by atoms with Crippen molar-refractivity contribution >= 4 is 38.9 Å². The van der Waals surface area contributed by atoms with Gasteiger partial charge in [-0.2, -0.15) is 0 Å². The predicted octanol–water partition coefficient (Wildman–Crippen LogP) is 4.03. The number of para-hydroxylation sites is 1. The van der Waals surface area contributed by atoms with Crippen LogP contribution in [0, 0.1) is 0 Å². The molecule has 176 valence electrons. The van der Waals surface area contributed by atoms with Crippen molar-refractivity contribution in [1.29, 1.82) is 0 Å². The van der Waals surface area contributed by atoms with Crippen LogP contribution >= 0.6 is 0 Å². The molecule has 0 saturated carbocycles. The molecule has 1 N–H and O–H groups in total. The summed E-state index contributed by atoms with van der Waals surface area (Å²) in [6.45, 7) is 5.80. The SMILES string of the molecule is CN(C)c1ccc2ccnc(N3CCN(CCCNc4cc(=O)oc5ccccc45)CC3)c2c1. The highest BCUT2D eigenvalue weighted by atomic mass is 16.4. The van der Waals surface area contributed by atoms with Gasteiger partial charge in [-0.25, -0.2) is 9.78 Å². The van der Waals surface area contributed by atoms with Crippen molar-refractivity contribution in [3.8, 4) is 0 Å². The first-order chi connectivity index (χ1) is 16.6. The van der Waals surface area contributed by atoms with E-state index in [0.29, 0.717) is 5.58 Å². The van der Waals surface area contributed by atoms with Gasteiger partial charge in [-0.3, -0.25) is 4.90 Å². The smallest absolute Gasteiger partial charge is 0.338 e. The summed E-state index contributed by atoms with van der Waals surface area (Å²) < 4.78 is 5.28. The van der Waals surface area contributed by atoms with E-state index in [4.69, 9.17) is 9.40 Å². The number of benzene rings is 2. The molecule has 7 nitrogen and oxygen atoms in total. The van der Waals surface area contributed by atoms with Crippen molar-refractivity contribution in [2.75, 3.05) is 68.5 Å². The molecular weight excluding hydrogens is 426 g/mol. The zero-order chi connectivity index (χ0) is 23.5. The first-order valence-corrected chi connectivity index (χ1v) is 11.9. The molecule has 0 spiro atoms. The number of rotatable bonds is 7. The fourth-order valence-corrected chi connectivity index (χ4v) is 4.64. The molecule has 0 radical (unpaired) electrons. The summed E-state index contributed by atoms with van der Waals surface area (Å²) >= 11 is 0. The number of hydrogen-bond donors (Lipinski definition) is 1. The summed E-state index contributed by atoms with van der Waals surface area (Å²) in [5.74, 6) is 1.08. The Labute approximate surface area is 199 Å². The van der Waals surface area contributed by atoms with E-state index in [-0.39, 0.29) is 5.63 Å². The molecule has 0 amide bonds. The monoisotopic (exact) mass is 457 g/mol. The van der Waals surface area contributed by atoms with Crippen LogP contribution in [0.2, 0.25) is 0 Å². The largest absolute Gasteiger partial charge is 0.423 e. The summed E-state index contributed by atoms with van der Waals surface area (Å²) in [6, 6.07) is 17.8. The minimum atomic E-state index is -0.322. The van der Waals surface area contributed by atoms with Gasteiger partial charge in [-0.1, -0.05) is 18.2 Å². The fourth-order valence-electron chi connectivity index (χ4n) is 4.64. The molecule has 4 aromatic rings. The molecule has 0 aliphatic carbocycles. The molecule has 1 fully saturated rings. The number of fused-ring (bicyclic) bond motifs is 2. The Morgan fingerprint density at radius 3 is 2.65 bits per heavy atom. The molecule has 0 bridgehead atoms. The Hall–Kier alpha value is -3.58. The van der Waals surface area contributed by atoms with Gasteiger partial charge in [0.15, 0.2) is 0 Å². The minimum Gasteiger partial charge on any atom is -0.423 e. The van der Waals surface area contributed by atoms with E-state index >= 15 is 0 Å². The van der Waals surface area contributed by atoms with Crippen LogP contribution in [0.25, 0.3) is 21.7 Å². The lowest BCUT2D eigenvalue weighted by molar-refractivity contribution is 0.257. The van der Waals surface area contributed by atoms with Gasteiger partial charge in [0.1, 0.15) is 11.4 Å². The van der Waals surface area contributed by atoms with Crippen LogP contribution < -0.4 is 20.7 Å². The quantitative estimate of drug-likeness (QED) is 0.332. The Balaban J connectivity index is 1.16. The van der Waals surface area contributed by atoms with E-state index in [9.17, 15) is 4.79 Å². The third-order valence-electron chi connectivity index (χ3n) is 6.53. The van der Waals surface area contributed by atoms with Gasteiger partial charge in [-0.05, 0) is 48.7 Å². The van der Waals surface area contributed by atoms with Crippen molar-refractivity contribution in [2.45, 2.75) is 6.42 Å².